The Labute approximate surface area is 274 Å². The third-order valence-corrected chi connectivity index (χ3v) is 11.8. The van der Waals surface area contributed by atoms with Gasteiger partial charge in [0, 0.05) is 26.5 Å². The molecule has 3 aliphatic rings. The van der Waals surface area contributed by atoms with Crippen LogP contribution < -0.4 is 15.2 Å². The molecule has 0 spiro atoms. The third-order valence-electron chi connectivity index (χ3n) is 8.46. The Morgan fingerprint density at radius 1 is 1.16 bits per heavy atom. The summed E-state index contributed by atoms with van der Waals surface area (Å²) < 4.78 is 28.1. The van der Waals surface area contributed by atoms with Gasteiger partial charge in [-0.25, -0.2) is 4.79 Å². The topological polar surface area (TPSA) is 108 Å². The second-order valence-electron chi connectivity index (χ2n) is 12.4. The van der Waals surface area contributed by atoms with Crippen molar-refractivity contribution in [1.29, 1.82) is 0 Å². The Hall–Kier alpha value is -2.82. The van der Waals surface area contributed by atoms with E-state index in [2.05, 4.69) is 20.4 Å². The highest BCUT2D eigenvalue weighted by Crippen LogP contribution is 2.50. The van der Waals surface area contributed by atoms with E-state index in [0.717, 1.165) is 41.2 Å². The van der Waals surface area contributed by atoms with E-state index >= 15 is 0 Å². The van der Waals surface area contributed by atoms with Gasteiger partial charge in [-0.05, 0) is 55.5 Å². The van der Waals surface area contributed by atoms with Crippen LogP contribution in [0.5, 0.6) is 11.5 Å². The highest BCUT2D eigenvalue weighted by atomic mass is 32.2. The van der Waals surface area contributed by atoms with Crippen LogP contribution in [0.25, 0.3) is 6.08 Å². The summed E-state index contributed by atoms with van der Waals surface area (Å²) in [6.45, 7) is 12.4. The van der Waals surface area contributed by atoms with Crippen molar-refractivity contribution in [3.8, 4) is 11.5 Å². The van der Waals surface area contributed by atoms with Crippen LogP contribution in [0, 0.1) is 0 Å². The van der Waals surface area contributed by atoms with Gasteiger partial charge in [0.15, 0.2) is 11.5 Å². The largest absolute Gasteiger partial charge is 0.459 e. The molecule has 0 aromatic heterocycles. The van der Waals surface area contributed by atoms with Crippen molar-refractivity contribution >= 4 is 40.5 Å². The quantitative estimate of drug-likeness (QED) is 0.145. The lowest BCUT2D eigenvalue weighted by molar-refractivity contribution is -0.163. The number of carbonyl (C=O) groups excluding carboxylic acids is 2. The minimum absolute atomic E-state index is 0.129. The van der Waals surface area contributed by atoms with Gasteiger partial charge in [0.2, 0.25) is 12.7 Å². The summed E-state index contributed by atoms with van der Waals surface area (Å²) in [5.41, 5.74) is 8.81. The number of nitrogens with two attached hydrogens (primary N) is 1. The summed E-state index contributed by atoms with van der Waals surface area (Å²) in [7, 11) is -0.743. The van der Waals surface area contributed by atoms with E-state index in [1.54, 1.807) is 22.7 Å². The number of ether oxygens (including phenoxy) is 3. The number of fused-ring (bicyclic) bond motifs is 2. The SMILES string of the molecule is C=Cc1ccccc1COC(=O)[C@@H]1N2C(=O)C(N)[C@H]2SC1(C)C.CCCCCCCCS(=O)C(C)Cc1ccc2c(c1)OCO2. The lowest BCUT2D eigenvalue weighted by Gasteiger charge is -2.41. The molecule has 45 heavy (non-hydrogen) atoms. The van der Waals surface area contributed by atoms with E-state index in [1.165, 1.54) is 37.7 Å². The van der Waals surface area contributed by atoms with Gasteiger partial charge < -0.3 is 24.8 Å². The van der Waals surface area contributed by atoms with Gasteiger partial charge in [-0.15, -0.1) is 11.8 Å². The molecule has 5 rings (SSSR count). The molecule has 0 saturated carbocycles. The van der Waals surface area contributed by atoms with Crippen molar-refractivity contribution in [2.45, 2.75) is 107 Å². The highest BCUT2D eigenvalue weighted by Gasteiger charge is 2.63. The molecule has 2 saturated heterocycles. The van der Waals surface area contributed by atoms with Crippen LogP contribution in [-0.4, -0.2) is 61.0 Å². The predicted molar refractivity (Wildman–Crippen MR) is 183 cm³/mol. The van der Waals surface area contributed by atoms with Gasteiger partial charge >= 0.3 is 5.97 Å². The molecular weight excluding hydrogens is 609 g/mol. The lowest BCUT2D eigenvalue weighted by atomic mass is 9.96. The lowest BCUT2D eigenvalue weighted by Crippen LogP contribution is -2.68. The normalized spacial score (nSPS) is 22.0. The number of esters is 1. The Kier molecular flexibility index (Phi) is 12.6. The smallest absolute Gasteiger partial charge is 0.330 e. The molecule has 3 heterocycles. The van der Waals surface area contributed by atoms with Crippen molar-refractivity contribution in [2.75, 3.05) is 12.5 Å². The maximum absolute atomic E-state index is 12.6. The van der Waals surface area contributed by atoms with E-state index in [0.29, 0.717) is 6.79 Å². The zero-order valence-electron chi connectivity index (χ0n) is 27.0. The van der Waals surface area contributed by atoms with Crippen LogP contribution >= 0.6 is 11.8 Å². The Morgan fingerprint density at radius 2 is 1.87 bits per heavy atom. The number of benzene rings is 2. The molecule has 10 heteroatoms. The van der Waals surface area contributed by atoms with E-state index < -0.39 is 27.6 Å². The number of nitrogens with zero attached hydrogens (tertiary/aromatic N) is 1. The second kappa shape index (κ2) is 16.1. The Morgan fingerprint density at radius 3 is 2.62 bits per heavy atom. The first kappa shape index (κ1) is 35.0. The second-order valence-corrected chi connectivity index (χ2v) is 16.1. The van der Waals surface area contributed by atoms with Gasteiger partial charge in [0.1, 0.15) is 24.1 Å². The number of hydrogen-bond donors (Lipinski definition) is 1. The predicted octanol–water partition coefficient (Wildman–Crippen LogP) is 6.22. The molecule has 3 unspecified atom stereocenters. The van der Waals surface area contributed by atoms with Gasteiger partial charge in [0.05, 0.1) is 0 Å². The first-order valence-electron chi connectivity index (χ1n) is 16.0. The number of β-lactam (4-membered cyclic amide) rings is 1. The Bertz CT molecular complexity index is 1370. The fourth-order valence-corrected chi connectivity index (χ4v) is 8.67. The number of rotatable bonds is 14. The van der Waals surface area contributed by atoms with Crippen LogP contribution in [0.2, 0.25) is 0 Å². The van der Waals surface area contributed by atoms with Crippen LogP contribution in [0.3, 0.4) is 0 Å². The Balaban J connectivity index is 0.000000205. The van der Waals surface area contributed by atoms with Crippen LogP contribution in [0.4, 0.5) is 0 Å². The van der Waals surface area contributed by atoms with Gasteiger partial charge in [-0.1, -0.05) is 88.9 Å². The average molecular weight is 657 g/mol. The molecule has 0 bridgehead atoms. The van der Waals surface area contributed by atoms with Crippen LogP contribution in [0.1, 0.15) is 82.9 Å². The molecule has 246 valence electrons. The fourth-order valence-electron chi connectivity index (χ4n) is 5.83. The third kappa shape index (κ3) is 8.71. The van der Waals surface area contributed by atoms with Crippen molar-refractivity contribution < 1.29 is 28.0 Å². The number of thioether (sulfide) groups is 1. The van der Waals surface area contributed by atoms with Crippen molar-refractivity contribution in [3.63, 3.8) is 0 Å². The van der Waals surface area contributed by atoms with Crippen molar-refractivity contribution in [2.24, 2.45) is 5.73 Å². The first-order chi connectivity index (χ1) is 21.6. The van der Waals surface area contributed by atoms with E-state index in [1.807, 2.05) is 56.3 Å². The zero-order chi connectivity index (χ0) is 32.6. The van der Waals surface area contributed by atoms with Crippen LogP contribution in [0.15, 0.2) is 49.0 Å². The van der Waals surface area contributed by atoms with Gasteiger partial charge in [0.25, 0.3) is 0 Å². The van der Waals surface area contributed by atoms with E-state index in [4.69, 9.17) is 19.9 Å². The monoisotopic (exact) mass is 656 g/mol. The summed E-state index contributed by atoms with van der Waals surface area (Å²) in [6, 6.07) is 12.5. The van der Waals surface area contributed by atoms with Crippen molar-refractivity contribution in [1.82, 2.24) is 4.90 Å². The molecule has 2 N–H and O–H groups in total. The molecule has 0 aliphatic carbocycles. The van der Waals surface area contributed by atoms with E-state index in [9.17, 15) is 13.8 Å². The summed E-state index contributed by atoms with van der Waals surface area (Å²) in [5, 5.41) is 0.0616. The minimum Gasteiger partial charge on any atom is -0.459 e. The molecule has 1 amide bonds. The van der Waals surface area contributed by atoms with Gasteiger partial charge in [-0.3, -0.25) is 9.00 Å². The number of unbranched alkanes of at least 4 members (excludes halogenated alkanes) is 5. The maximum atomic E-state index is 12.6. The fraction of sp³-hybridized carbons (Fsp3) is 0.543. The average Bonchev–Trinajstić information content (AvgIpc) is 3.61. The summed E-state index contributed by atoms with van der Waals surface area (Å²) in [6.07, 6.45) is 10.1. The highest BCUT2D eigenvalue weighted by molar-refractivity contribution is 8.01. The molecule has 2 fully saturated rings. The zero-order valence-corrected chi connectivity index (χ0v) is 28.6. The number of hydrogen-bond acceptors (Lipinski definition) is 8. The number of carbonyl (C=O) groups is 2. The van der Waals surface area contributed by atoms with Gasteiger partial charge in [-0.2, -0.15) is 0 Å². The van der Waals surface area contributed by atoms with E-state index in [-0.39, 0.29) is 29.1 Å². The minimum atomic E-state index is -0.743. The number of amides is 1. The molecule has 3 aliphatic heterocycles. The molecule has 2 aromatic rings. The molecular formula is C35H48N2O6S2. The first-order valence-corrected chi connectivity index (χ1v) is 18.2. The molecule has 8 nitrogen and oxygen atoms in total. The maximum Gasteiger partial charge on any atom is 0.330 e. The molecule has 0 radical (unpaired) electrons. The van der Waals surface area contributed by atoms with Crippen molar-refractivity contribution in [3.05, 3.63) is 65.7 Å². The standard InChI is InChI=1S/C18H28O3S.C17H20N2O3S/c1-3-4-5-6-7-8-11-22(19)15(2)12-16-9-10-17-18(13-16)21-14-20-17;1-4-10-7-5-6-8-11(10)9-22-16(21)13-17(2,3)23-15-12(18)14(20)19(13)15/h9-10,13,15H,3-8,11-12,14H2,1-2H3;4-8,12-13,15H,1,9,18H2,2-3H3/t;12?,13-,15+/m.0/s1. The van der Waals surface area contributed by atoms with Crippen LogP contribution in [-0.2, 0) is 38.2 Å². The molecule has 5 atom stereocenters. The summed E-state index contributed by atoms with van der Waals surface area (Å²) >= 11 is 1.56. The summed E-state index contributed by atoms with van der Waals surface area (Å²) in [4.78, 5) is 26.1. The summed E-state index contributed by atoms with van der Waals surface area (Å²) in [5.74, 6) is 1.89. The molecule has 2 aromatic carbocycles.